The highest BCUT2D eigenvalue weighted by Crippen LogP contribution is 2.23. The lowest BCUT2D eigenvalue weighted by Gasteiger charge is -2.14. The first-order valence-corrected chi connectivity index (χ1v) is 10.3. The van der Waals surface area contributed by atoms with E-state index in [9.17, 15) is 9.59 Å². The summed E-state index contributed by atoms with van der Waals surface area (Å²) in [5.74, 6) is 0.681. The van der Waals surface area contributed by atoms with Gasteiger partial charge in [0.2, 0.25) is 0 Å². The van der Waals surface area contributed by atoms with Crippen molar-refractivity contribution in [3.63, 3.8) is 0 Å². The molecule has 1 heterocycles. The van der Waals surface area contributed by atoms with E-state index in [1.54, 1.807) is 48.5 Å². The first kappa shape index (κ1) is 20.6. The van der Waals surface area contributed by atoms with Crippen molar-refractivity contribution >= 4 is 17.5 Å². The molecule has 1 atom stereocenters. The molecule has 4 rings (SSSR count). The van der Waals surface area contributed by atoms with Crippen LogP contribution in [0.15, 0.2) is 78.9 Å². The maximum absolute atomic E-state index is 12.8. The summed E-state index contributed by atoms with van der Waals surface area (Å²) in [5, 5.41) is 5.74. The molecule has 6 heteroatoms. The van der Waals surface area contributed by atoms with Crippen molar-refractivity contribution < 1.29 is 19.1 Å². The van der Waals surface area contributed by atoms with E-state index >= 15 is 0 Å². The molecule has 1 aliphatic rings. The van der Waals surface area contributed by atoms with Crippen LogP contribution >= 0.6 is 0 Å². The van der Waals surface area contributed by atoms with E-state index in [1.807, 2.05) is 30.3 Å². The van der Waals surface area contributed by atoms with Gasteiger partial charge in [-0.3, -0.25) is 9.59 Å². The van der Waals surface area contributed by atoms with Crippen LogP contribution in [0.3, 0.4) is 0 Å². The molecule has 2 amide bonds. The summed E-state index contributed by atoms with van der Waals surface area (Å²) in [5.41, 5.74) is 1.29. The fourth-order valence-electron chi connectivity index (χ4n) is 3.42. The highest BCUT2D eigenvalue weighted by atomic mass is 16.5. The minimum absolute atomic E-state index is 0.0538. The fraction of sp³-hybridized carbons (Fsp3) is 0.200. The lowest BCUT2D eigenvalue weighted by molar-refractivity contribution is 0.0858. The molecule has 0 aromatic heterocycles. The van der Waals surface area contributed by atoms with Crippen LogP contribution in [0.1, 0.15) is 33.6 Å². The molecule has 158 valence electrons. The molecule has 2 N–H and O–H groups in total. The third-order valence-corrected chi connectivity index (χ3v) is 5.01. The predicted molar refractivity (Wildman–Crippen MR) is 119 cm³/mol. The quantitative estimate of drug-likeness (QED) is 0.588. The van der Waals surface area contributed by atoms with Crippen LogP contribution in [-0.2, 0) is 4.74 Å². The van der Waals surface area contributed by atoms with Gasteiger partial charge < -0.3 is 20.1 Å². The molecule has 3 aromatic rings. The largest absolute Gasteiger partial charge is 0.457 e. The van der Waals surface area contributed by atoms with Crippen molar-refractivity contribution in [3.8, 4) is 11.5 Å². The van der Waals surface area contributed by atoms with Gasteiger partial charge in [-0.05, 0) is 55.3 Å². The van der Waals surface area contributed by atoms with E-state index in [0.29, 0.717) is 34.9 Å². The van der Waals surface area contributed by atoms with Gasteiger partial charge in [-0.25, -0.2) is 0 Å². The Balaban J connectivity index is 1.44. The van der Waals surface area contributed by atoms with E-state index in [-0.39, 0.29) is 17.9 Å². The Labute approximate surface area is 181 Å². The number of ether oxygens (including phenoxy) is 2. The summed E-state index contributed by atoms with van der Waals surface area (Å²) in [4.78, 5) is 25.5. The van der Waals surface area contributed by atoms with Gasteiger partial charge in [-0.2, -0.15) is 0 Å². The molecule has 6 nitrogen and oxygen atoms in total. The molecule has 0 aliphatic carbocycles. The van der Waals surface area contributed by atoms with Crippen LogP contribution in [0.5, 0.6) is 11.5 Å². The second kappa shape index (κ2) is 9.91. The van der Waals surface area contributed by atoms with Crippen molar-refractivity contribution in [2.75, 3.05) is 18.5 Å². The third-order valence-electron chi connectivity index (χ3n) is 5.01. The van der Waals surface area contributed by atoms with Gasteiger partial charge in [0.1, 0.15) is 11.5 Å². The lowest BCUT2D eigenvalue weighted by atomic mass is 10.1. The van der Waals surface area contributed by atoms with Crippen LogP contribution in [0.2, 0.25) is 0 Å². The van der Waals surface area contributed by atoms with E-state index in [2.05, 4.69) is 10.6 Å². The van der Waals surface area contributed by atoms with Gasteiger partial charge in [0.15, 0.2) is 0 Å². The zero-order chi connectivity index (χ0) is 21.5. The Kier molecular flexibility index (Phi) is 6.59. The van der Waals surface area contributed by atoms with E-state index in [1.165, 1.54) is 0 Å². The topological polar surface area (TPSA) is 76.7 Å². The summed E-state index contributed by atoms with van der Waals surface area (Å²) in [7, 11) is 0. The van der Waals surface area contributed by atoms with Crippen molar-refractivity contribution in [2.45, 2.75) is 18.9 Å². The number of benzene rings is 3. The molecule has 1 saturated heterocycles. The number of nitrogens with one attached hydrogen (secondary N) is 2. The Hall–Kier alpha value is -3.64. The van der Waals surface area contributed by atoms with E-state index in [4.69, 9.17) is 9.47 Å². The summed E-state index contributed by atoms with van der Waals surface area (Å²) in [6, 6.07) is 23.2. The summed E-state index contributed by atoms with van der Waals surface area (Å²) in [6.07, 6.45) is 2.01. The molecule has 0 radical (unpaired) electrons. The van der Waals surface area contributed by atoms with Gasteiger partial charge in [0.05, 0.1) is 17.4 Å². The minimum atomic E-state index is -0.321. The minimum Gasteiger partial charge on any atom is -0.457 e. The number of carbonyl (C=O) groups excluding carboxylic acids is 2. The highest BCUT2D eigenvalue weighted by molar-refractivity contribution is 6.09. The predicted octanol–water partition coefficient (Wildman–Crippen LogP) is 4.64. The number of anilines is 1. The normalized spacial score (nSPS) is 15.3. The van der Waals surface area contributed by atoms with Crippen LogP contribution < -0.4 is 15.4 Å². The SMILES string of the molecule is O=C(Nc1ccccc1C(=O)NC[C@H]1CCCO1)c1cccc(Oc2ccccc2)c1. The number of rotatable bonds is 7. The fourth-order valence-corrected chi connectivity index (χ4v) is 3.42. The summed E-state index contributed by atoms with van der Waals surface area (Å²) < 4.78 is 11.4. The molecular weight excluding hydrogens is 392 g/mol. The standard InChI is InChI=1S/C25H24N2O4/c28-24(18-8-6-11-20(16-18)31-19-9-2-1-3-10-19)27-23-14-5-4-13-22(23)25(29)26-17-21-12-7-15-30-21/h1-6,8-11,13-14,16,21H,7,12,15,17H2,(H,26,29)(H,27,28)/t21-/m1/s1. The second-order valence-corrected chi connectivity index (χ2v) is 7.29. The lowest BCUT2D eigenvalue weighted by Crippen LogP contribution is -2.32. The molecule has 3 aromatic carbocycles. The van der Waals surface area contributed by atoms with Crippen molar-refractivity contribution in [3.05, 3.63) is 90.0 Å². The Morgan fingerprint density at radius 3 is 2.48 bits per heavy atom. The average Bonchev–Trinajstić information content (AvgIpc) is 3.32. The second-order valence-electron chi connectivity index (χ2n) is 7.29. The van der Waals surface area contributed by atoms with Crippen molar-refractivity contribution in [1.29, 1.82) is 0 Å². The van der Waals surface area contributed by atoms with E-state index < -0.39 is 0 Å². The maximum Gasteiger partial charge on any atom is 0.255 e. The highest BCUT2D eigenvalue weighted by Gasteiger charge is 2.19. The first-order valence-electron chi connectivity index (χ1n) is 10.3. The monoisotopic (exact) mass is 416 g/mol. The number of hydrogen-bond acceptors (Lipinski definition) is 4. The third kappa shape index (κ3) is 5.49. The zero-order valence-corrected chi connectivity index (χ0v) is 17.0. The average molecular weight is 416 g/mol. The van der Waals surface area contributed by atoms with Crippen molar-refractivity contribution in [1.82, 2.24) is 5.32 Å². The molecule has 0 spiro atoms. The molecule has 31 heavy (non-hydrogen) atoms. The van der Waals surface area contributed by atoms with Crippen LogP contribution in [-0.4, -0.2) is 31.1 Å². The number of para-hydroxylation sites is 2. The van der Waals surface area contributed by atoms with Gasteiger partial charge in [0.25, 0.3) is 11.8 Å². The first-order chi connectivity index (χ1) is 15.2. The molecule has 0 bridgehead atoms. The number of hydrogen-bond donors (Lipinski definition) is 2. The molecule has 1 aliphatic heterocycles. The molecule has 1 fully saturated rings. The van der Waals surface area contributed by atoms with Gasteiger partial charge in [-0.15, -0.1) is 0 Å². The van der Waals surface area contributed by atoms with Crippen LogP contribution in [0.4, 0.5) is 5.69 Å². The summed E-state index contributed by atoms with van der Waals surface area (Å²) >= 11 is 0. The smallest absolute Gasteiger partial charge is 0.255 e. The zero-order valence-electron chi connectivity index (χ0n) is 17.0. The number of carbonyl (C=O) groups is 2. The van der Waals surface area contributed by atoms with Crippen LogP contribution in [0.25, 0.3) is 0 Å². The van der Waals surface area contributed by atoms with Gasteiger partial charge in [-0.1, -0.05) is 36.4 Å². The Morgan fingerprint density at radius 2 is 1.68 bits per heavy atom. The summed E-state index contributed by atoms with van der Waals surface area (Å²) in [6.45, 7) is 1.19. The Morgan fingerprint density at radius 1 is 0.903 bits per heavy atom. The number of amides is 2. The Bertz CT molecular complexity index is 1050. The van der Waals surface area contributed by atoms with Crippen molar-refractivity contribution in [2.24, 2.45) is 0 Å². The van der Waals surface area contributed by atoms with Crippen LogP contribution in [0, 0.1) is 0 Å². The van der Waals surface area contributed by atoms with Gasteiger partial charge in [0, 0.05) is 18.7 Å². The van der Waals surface area contributed by atoms with Gasteiger partial charge >= 0.3 is 0 Å². The maximum atomic E-state index is 12.8. The molecule has 0 saturated carbocycles. The molecular formula is C25H24N2O4. The van der Waals surface area contributed by atoms with E-state index in [0.717, 1.165) is 19.4 Å². The molecule has 0 unspecified atom stereocenters.